The van der Waals surface area contributed by atoms with E-state index in [0.717, 1.165) is 16.6 Å². The molecule has 3 rings (SSSR count). The zero-order valence-electron chi connectivity index (χ0n) is 13.2. The maximum absolute atomic E-state index is 12.2. The second-order valence-corrected chi connectivity index (χ2v) is 6.89. The first kappa shape index (κ1) is 16.7. The molecule has 0 bridgehead atoms. The van der Waals surface area contributed by atoms with Gasteiger partial charge in [0.2, 0.25) is 11.8 Å². The van der Waals surface area contributed by atoms with E-state index in [0.29, 0.717) is 13.0 Å². The minimum atomic E-state index is -0.222. The van der Waals surface area contributed by atoms with Gasteiger partial charge in [0, 0.05) is 16.7 Å². The van der Waals surface area contributed by atoms with Gasteiger partial charge < -0.3 is 10.6 Å². The number of halogens is 1. The van der Waals surface area contributed by atoms with Gasteiger partial charge in [-0.2, -0.15) is 0 Å². The van der Waals surface area contributed by atoms with E-state index in [2.05, 4.69) is 26.6 Å². The molecule has 0 spiro atoms. The van der Waals surface area contributed by atoms with Crippen molar-refractivity contribution in [3.8, 4) is 0 Å². The van der Waals surface area contributed by atoms with Crippen LogP contribution in [-0.4, -0.2) is 18.4 Å². The van der Waals surface area contributed by atoms with Crippen LogP contribution in [0, 0.1) is 11.8 Å². The molecule has 0 saturated heterocycles. The molecular formula is C19H19BrN2O2. The maximum Gasteiger partial charge on any atom is 0.228 e. The molecule has 124 valence electrons. The summed E-state index contributed by atoms with van der Waals surface area (Å²) in [5, 5.41) is 5.79. The lowest BCUT2D eigenvalue weighted by molar-refractivity contribution is -0.125. The van der Waals surface area contributed by atoms with Crippen LogP contribution >= 0.6 is 15.9 Å². The Morgan fingerprint density at radius 1 is 1.00 bits per heavy atom. The van der Waals surface area contributed by atoms with E-state index < -0.39 is 0 Å². The summed E-state index contributed by atoms with van der Waals surface area (Å²) in [6.07, 6.45) is 1.42. The summed E-state index contributed by atoms with van der Waals surface area (Å²) in [4.78, 5) is 24.3. The number of anilines is 1. The molecule has 5 heteroatoms. The van der Waals surface area contributed by atoms with E-state index in [4.69, 9.17) is 0 Å². The van der Waals surface area contributed by atoms with Gasteiger partial charge in [-0.15, -0.1) is 0 Å². The number of amides is 2. The number of benzene rings is 2. The van der Waals surface area contributed by atoms with Gasteiger partial charge in [-0.3, -0.25) is 9.59 Å². The Morgan fingerprint density at radius 2 is 1.75 bits per heavy atom. The van der Waals surface area contributed by atoms with Crippen LogP contribution in [-0.2, 0) is 16.0 Å². The van der Waals surface area contributed by atoms with Gasteiger partial charge in [0.15, 0.2) is 0 Å². The van der Waals surface area contributed by atoms with Gasteiger partial charge in [0.1, 0.15) is 0 Å². The fraction of sp³-hybridized carbons (Fsp3) is 0.263. The largest absolute Gasteiger partial charge is 0.356 e. The second kappa shape index (κ2) is 7.62. The minimum absolute atomic E-state index is 0.0275. The van der Waals surface area contributed by atoms with Crippen LogP contribution in [0.25, 0.3) is 0 Å². The summed E-state index contributed by atoms with van der Waals surface area (Å²) in [6.45, 7) is 0.597. The first-order chi connectivity index (χ1) is 11.6. The highest BCUT2D eigenvalue weighted by molar-refractivity contribution is 9.10. The Balaban J connectivity index is 1.42. The van der Waals surface area contributed by atoms with Crippen molar-refractivity contribution in [2.45, 2.75) is 12.8 Å². The highest BCUT2D eigenvalue weighted by atomic mass is 79.9. The molecule has 1 aliphatic rings. The normalized spacial score (nSPS) is 18.7. The predicted molar refractivity (Wildman–Crippen MR) is 97.5 cm³/mol. The third-order valence-electron chi connectivity index (χ3n) is 4.11. The van der Waals surface area contributed by atoms with Crippen LogP contribution < -0.4 is 10.6 Å². The first-order valence-corrected chi connectivity index (χ1v) is 8.81. The van der Waals surface area contributed by atoms with Crippen LogP contribution in [0.5, 0.6) is 0 Å². The molecule has 2 unspecified atom stereocenters. The van der Waals surface area contributed by atoms with Gasteiger partial charge in [-0.05, 0) is 36.6 Å². The van der Waals surface area contributed by atoms with Crippen molar-refractivity contribution in [1.82, 2.24) is 5.32 Å². The molecule has 2 amide bonds. The topological polar surface area (TPSA) is 58.2 Å². The second-order valence-electron chi connectivity index (χ2n) is 5.97. The van der Waals surface area contributed by atoms with Crippen molar-refractivity contribution in [2.24, 2.45) is 11.8 Å². The molecule has 0 aromatic heterocycles. The molecule has 1 saturated carbocycles. The standard InChI is InChI=1S/C19H19BrN2O2/c20-14-7-4-8-15(11-14)22-19(24)17-12-16(17)18(23)21-10-9-13-5-2-1-3-6-13/h1-8,11,16-17H,9-10,12H2,(H,21,23)(H,22,24). The minimum Gasteiger partial charge on any atom is -0.356 e. The molecule has 2 atom stereocenters. The molecule has 0 heterocycles. The Kier molecular flexibility index (Phi) is 5.30. The fourth-order valence-electron chi connectivity index (χ4n) is 2.68. The Hall–Kier alpha value is -2.14. The van der Waals surface area contributed by atoms with Gasteiger partial charge in [0.05, 0.1) is 11.8 Å². The number of carbonyl (C=O) groups excluding carboxylic acids is 2. The molecule has 2 aromatic rings. The third-order valence-corrected chi connectivity index (χ3v) is 4.61. The summed E-state index contributed by atoms with van der Waals surface area (Å²) in [5.74, 6) is -0.537. The Morgan fingerprint density at radius 3 is 2.50 bits per heavy atom. The van der Waals surface area contributed by atoms with Crippen molar-refractivity contribution >= 4 is 33.4 Å². The molecule has 2 N–H and O–H groups in total. The number of hydrogen-bond donors (Lipinski definition) is 2. The zero-order valence-corrected chi connectivity index (χ0v) is 14.8. The predicted octanol–water partition coefficient (Wildman–Crippen LogP) is 3.38. The summed E-state index contributed by atoms with van der Waals surface area (Å²) >= 11 is 3.37. The Labute approximate surface area is 149 Å². The highest BCUT2D eigenvalue weighted by Gasteiger charge is 2.47. The number of hydrogen-bond acceptors (Lipinski definition) is 2. The Bertz CT molecular complexity index is 733. The first-order valence-electron chi connectivity index (χ1n) is 8.01. The van der Waals surface area contributed by atoms with Gasteiger partial charge in [-0.25, -0.2) is 0 Å². The van der Waals surface area contributed by atoms with E-state index >= 15 is 0 Å². The van der Waals surface area contributed by atoms with E-state index in [-0.39, 0.29) is 23.7 Å². The number of carbonyl (C=O) groups is 2. The average molecular weight is 387 g/mol. The van der Waals surface area contributed by atoms with Crippen molar-refractivity contribution in [3.63, 3.8) is 0 Å². The van der Waals surface area contributed by atoms with Crippen LogP contribution in [0.4, 0.5) is 5.69 Å². The zero-order chi connectivity index (χ0) is 16.9. The third kappa shape index (κ3) is 4.45. The summed E-state index contributed by atoms with van der Waals surface area (Å²) in [7, 11) is 0. The molecule has 0 aliphatic heterocycles. The molecule has 4 nitrogen and oxygen atoms in total. The SMILES string of the molecule is O=C(NCCc1ccccc1)C1CC1C(=O)Nc1cccc(Br)c1. The monoisotopic (exact) mass is 386 g/mol. The summed E-state index contributed by atoms with van der Waals surface area (Å²) in [6, 6.07) is 17.5. The van der Waals surface area contributed by atoms with Crippen LogP contribution in [0.3, 0.4) is 0 Å². The molecule has 1 aliphatic carbocycles. The lowest BCUT2D eigenvalue weighted by Gasteiger charge is -2.06. The number of rotatable bonds is 6. The van der Waals surface area contributed by atoms with Crippen molar-refractivity contribution in [3.05, 3.63) is 64.6 Å². The molecule has 0 radical (unpaired) electrons. The maximum atomic E-state index is 12.2. The fourth-order valence-corrected chi connectivity index (χ4v) is 3.08. The molecular weight excluding hydrogens is 368 g/mol. The lowest BCUT2D eigenvalue weighted by atomic mass is 10.1. The van der Waals surface area contributed by atoms with Crippen molar-refractivity contribution in [2.75, 3.05) is 11.9 Å². The lowest BCUT2D eigenvalue weighted by Crippen LogP contribution is -2.29. The van der Waals surface area contributed by atoms with E-state index in [1.807, 2.05) is 54.6 Å². The van der Waals surface area contributed by atoms with Gasteiger partial charge in [-0.1, -0.05) is 52.3 Å². The quantitative estimate of drug-likeness (QED) is 0.799. The summed E-state index contributed by atoms with van der Waals surface area (Å²) < 4.78 is 0.909. The number of nitrogens with one attached hydrogen (secondary N) is 2. The van der Waals surface area contributed by atoms with Crippen LogP contribution in [0.1, 0.15) is 12.0 Å². The molecule has 24 heavy (non-hydrogen) atoms. The molecule has 2 aromatic carbocycles. The van der Waals surface area contributed by atoms with Crippen molar-refractivity contribution < 1.29 is 9.59 Å². The molecule has 1 fully saturated rings. The van der Waals surface area contributed by atoms with Gasteiger partial charge >= 0.3 is 0 Å². The van der Waals surface area contributed by atoms with E-state index in [9.17, 15) is 9.59 Å². The van der Waals surface area contributed by atoms with E-state index in [1.165, 1.54) is 5.56 Å². The average Bonchev–Trinajstić information content (AvgIpc) is 3.37. The van der Waals surface area contributed by atoms with Crippen LogP contribution in [0.2, 0.25) is 0 Å². The van der Waals surface area contributed by atoms with Crippen molar-refractivity contribution in [1.29, 1.82) is 0 Å². The smallest absolute Gasteiger partial charge is 0.228 e. The van der Waals surface area contributed by atoms with Crippen LogP contribution in [0.15, 0.2) is 59.1 Å². The van der Waals surface area contributed by atoms with E-state index in [1.54, 1.807) is 0 Å². The van der Waals surface area contributed by atoms with Gasteiger partial charge in [0.25, 0.3) is 0 Å². The summed E-state index contributed by atoms with van der Waals surface area (Å²) in [5.41, 5.74) is 1.93. The highest BCUT2D eigenvalue weighted by Crippen LogP contribution is 2.39.